The monoisotopic (exact) mass is 486 g/mol. The molecular formula is C27H34O6S. The van der Waals surface area contributed by atoms with Gasteiger partial charge in [-0.3, -0.25) is 14.4 Å². The fraction of sp³-hybridized carbons (Fsp3) is 0.444. The zero-order valence-electron chi connectivity index (χ0n) is 20.2. The van der Waals surface area contributed by atoms with Crippen molar-refractivity contribution in [3.8, 4) is 11.5 Å². The molecule has 0 aliphatic carbocycles. The highest BCUT2D eigenvalue weighted by Crippen LogP contribution is 2.33. The molecule has 0 unspecified atom stereocenters. The third-order valence-corrected chi connectivity index (χ3v) is 6.47. The summed E-state index contributed by atoms with van der Waals surface area (Å²) in [5, 5.41) is 10.4. The smallest absolute Gasteiger partial charge is 0.305 e. The molecule has 2 aromatic rings. The van der Waals surface area contributed by atoms with Gasteiger partial charge < -0.3 is 14.6 Å². The second-order valence-electron chi connectivity index (χ2n) is 8.03. The summed E-state index contributed by atoms with van der Waals surface area (Å²) in [5.41, 5.74) is 1.70. The summed E-state index contributed by atoms with van der Waals surface area (Å²) in [7, 11) is 1.37. The number of phenolic OH excluding ortho intramolecular Hbond substituents is 1. The summed E-state index contributed by atoms with van der Waals surface area (Å²) in [6, 6.07) is 11.0. The Hall–Kier alpha value is -2.80. The van der Waals surface area contributed by atoms with Crippen LogP contribution in [0.5, 0.6) is 11.5 Å². The zero-order chi connectivity index (χ0) is 24.9. The Morgan fingerprint density at radius 3 is 2.32 bits per heavy atom. The first-order valence-electron chi connectivity index (χ1n) is 11.7. The van der Waals surface area contributed by atoms with E-state index in [1.807, 2.05) is 31.2 Å². The molecule has 0 spiro atoms. The van der Waals surface area contributed by atoms with Crippen LogP contribution in [0, 0.1) is 0 Å². The van der Waals surface area contributed by atoms with E-state index in [0.717, 1.165) is 23.5 Å². The first-order valence-corrected chi connectivity index (χ1v) is 12.7. The van der Waals surface area contributed by atoms with E-state index >= 15 is 0 Å². The maximum absolute atomic E-state index is 12.3. The summed E-state index contributed by atoms with van der Waals surface area (Å²) in [4.78, 5) is 36.2. The number of unbranched alkanes of at least 4 members (excludes halogenated alkanes) is 1. The first kappa shape index (κ1) is 27.4. The minimum absolute atomic E-state index is 0.0272. The molecule has 0 aliphatic rings. The number of ether oxygens (including phenoxy) is 2. The standard InChI is InChI=1S/C27H34O6S/c1-4-8-23-25(16-15-22(19(2)28)27(23)31)33-17-7-18-34-21-13-11-20(12-14-21)24(29)9-5-6-10-26(30)32-3/h11-16,31H,4-10,17-18H2,1-3H3. The largest absolute Gasteiger partial charge is 0.507 e. The van der Waals surface area contributed by atoms with Gasteiger partial charge in [-0.25, -0.2) is 0 Å². The van der Waals surface area contributed by atoms with Gasteiger partial charge in [0.15, 0.2) is 11.6 Å². The van der Waals surface area contributed by atoms with Gasteiger partial charge in [-0.1, -0.05) is 25.5 Å². The number of esters is 1. The highest BCUT2D eigenvalue weighted by Gasteiger charge is 2.15. The Labute approximate surface area is 206 Å². The molecule has 2 aromatic carbocycles. The van der Waals surface area contributed by atoms with E-state index in [0.29, 0.717) is 61.2 Å². The molecule has 0 amide bonds. The van der Waals surface area contributed by atoms with Crippen LogP contribution in [0.15, 0.2) is 41.3 Å². The van der Waals surface area contributed by atoms with Crippen LogP contribution in [0.25, 0.3) is 0 Å². The molecule has 0 bridgehead atoms. The van der Waals surface area contributed by atoms with E-state index in [4.69, 9.17) is 4.74 Å². The number of phenols is 1. The van der Waals surface area contributed by atoms with Crippen molar-refractivity contribution >= 4 is 29.3 Å². The molecular weight excluding hydrogens is 452 g/mol. The van der Waals surface area contributed by atoms with E-state index in [1.165, 1.54) is 14.0 Å². The number of rotatable bonds is 15. The number of hydrogen-bond donors (Lipinski definition) is 1. The van der Waals surface area contributed by atoms with Crippen LogP contribution in [-0.2, 0) is 16.0 Å². The highest BCUT2D eigenvalue weighted by molar-refractivity contribution is 7.99. The minimum Gasteiger partial charge on any atom is -0.507 e. The van der Waals surface area contributed by atoms with Crippen molar-refractivity contribution in [3.05, 3.63) is 53.1 Å². The van der Waals surface area contributed by atoms with Gasteiger partial charge in [0, 0.05) is 34.6 Å². The number of hydrogen-bond acceptors (Lipinski definition) is 7. The van der Waals surface area contributed by atoms with Gasteiger partial charge in [0.05, 0.1) is 19.3 Å². The summed E-state index contributed by atoms with van der Waals surface area (Å²) in [5.74, 6) is 1.18. The molecule has 1 N–H and O–H groups in total. The Morgan fingerprint density at radius 2 is 1.68 bits per heavy atom. The molecule has 34 heavy (non-hydrogen) atoms. The number of Topliss-reactive ketones (excluding diaryl/α,β-unsaturated/α-hetero) is 2. The lowest BCUT2D eigenvalue weighted by atomic mass is 10.0. The molecule has 0 saturated heterocycles. The molecule has 0 saturated carbocycles. The van der Waals surface area contributed by atoms with Crippen LogP contribution in [-0.4, -0.2) is 42.1 Å². The van der Waals surface area contributed by atoms with Crippen molar-refractivity contribution < 1.29 is 29.0 Å². The second kappa shape index (κ2) is 14.5. The third kappa shape index (κ3) is 8.52. The quantitative estimate of drug-likeness (QED) is 0.142. The number of benzene rings is 2. The highest BCUT2D eigenvalue weighted by atomic mass is 32.2. The Balaban J connectivity index is 1.76. The fourth-order valence-corrected chi connectivity index (χ4v) is 4.32. The Bertz CT molecular complexity index is 968. The van der Waals surface area contributed by atoms with Gasteiger partial charge in [0.25, 0.3) is 0 Å². The second-order valence-corrected chi connectivity index (χ2v) is 9.19. The lowest BCUT2D eigenvalue weighted by molar-refractivity contribution is -0.140. The average Bonchev–Trinajstić information content (AvgIpc) is 2.83. The average molecular weight is 487 g/mol. The van der Waals surface area contributed by atoms with Crippen LogP contribution in [0.2, 0.25) is 0 Å². The van der Waals surface area contributed by atoms with Crippen molar-refractivity contribution in [2.75, 3.05) is 19.5 Å². The third-order valence-electron chi connectivity index (χ3n) is 5.37. The maximum Gasteiger partial charge on any atom is 0.305 e. The predicted molar refractivity (Wildman–Crippen MR) is 134 cm³/mol. The first-order chi connectivity index (χ1) is 16.4. The molecule has 2 rings (SSSR count). The number of methoxy groups -OCH3 is 1. The zero-order valence-corrected chi connectivity index (χ0v) is 21.0. The summed E-state index contributed by atoms with van der Waals surface area (Å²) in [6.45, 7) is 3.97. The van der Waals surface area contributed by atoms with Crippen LogP contribution >= 0.6 is 11.8 Å². The van der Waals surface area contributed by atoms with Crippen molar-refractivity contribution in [2.45, 2.75) is 63.7 Å². The molecule has 7 heteroatoms. The number of ketones is 2. The Morgan fingerprint density at radius 1 is 0.971 bits per heavy atom. The van der Waals surface area contributed by atoms with Crippen LogP contribution < -0.4 is 4.74 Å². The fourth-order valence-electron chi connectivity index (χ4n) is 3.50. The van der Waals surface area contributed by atoms with Gasteiger partial charge in [-0.05, 0) is 56.9 Å². The molecule has 184 valence electrons. The van der Waals surface area contributed by atoms with Crippen molar-refractivity contribution in [1.29, 1.82) is 0 Å². The van der Waals surface area contributed by atoms with Gasteiger partial charge in [0.2, 0.25) is 0 Å². The minimum atomic E-state index is -0.246. The molecule has 0 aliphatic heterocycles. The van der Waals surface area contributed by atoms with Crippen molar-refractivity contribution in [3.63, 3.8) is 0 Å². The van der Waals surface area contributed by atoms with Gasteiger partial charge in [0.1, 0.15) is 11.5 Å². The SMILES string of the molecule is CCCc1c(OCCCSc2ccc(C(=O)CCCCC(=O)OC)cc2)ccc(C(C)=O)c1O. The summed E-state index contributed by atoms with van der Waals surface area (Å²) in [6.07, 6.45) is 4.37. The molecule has 0 heterocycles. The van der Waals surface area contributed by atoms with Crippen LogP contribution in [0.3, 0.4) is 0 Å². The van der Waals surface area contributed by atoms with Crippen molar-refractivity contribution in [1.82, 2.24) is 0 Å². The van der Waals surface area contributed by atoms with Gasteiger partial charge >= 0.3 is 5.97 Å². The molecule has 6 nitrogen and oxygen atoms in total. The van der Waals surface area contributed by atoms with E-state index in [2.05, 4.69) is 4.74 Å². The normalized spacial score (nSPS) is 10.7. The molecule has 0 aromatic heterocycles. The van der Waals surface area contributed by atoms with E-state index in [-0.39, 0.29) is 23.3 Å². The number of thioether (sulfide) groups is 1. The number of carbonyl (C=O) groups excluding carboxylic acids is 3. The van der Waals surface area contributed by atoms with Crippen LogP contribution in [0.4, 0.5) is 0 Å². The lowest BCUT2D eigenvalue weighted by Gasteiger charge is -2.14. The summed E-state index contributed by atoms with van der Waals surface area (Å²) < 4.78 is 10.5. The van der Waals surface area contributed by atoms with Gasteiger partial charge in [-0.2, -0.15) is 0 Å². The van der Waals surface area contributed by atoms with E-state index < -0.39 is 0 Å². The molecule has 0 radical (unpaired) electrons. The predicted octanol–water partition coefficient (Wildman–Crippen LogP) is 6.02. The molecule has 0 atom stereocenters. The lowest BCUT2D eigenvalue weighted by Crippen LogP contribution is -2.04. The van der Waals surface area contributed by atoms with E-state index in [9.17, 15) is 19.5 Å². The number of aromatic hydroxyl groups is 1. The maximum atomic E-state index is 12.3. The Kier molecular flexibility index (Phi) is 11.7. The van der Waals surface area contributed by atoms with Gasteiger partial charge in [-0.15, -0.1) is 11.8 Å². The number of carbonyl (C=O) groups is 3. The van der Waals surface area contributed by atoms with Crippen LogP contribution in [0.1, 0.15) is 78.7 Å². The molecule has 0 fully saturated rings. The summed E-state index contributed by atoms with van der Waals surface area (Å²) >= 11 is 1.69. The topological polar surface area (TPSA) is 89.9 Å². The van der Waals surface area contributed by atoms with E-state index in [1.54, 1.807) is 23.9 Å². The van der Waals surface area contributed by atoms with Crippen molar-refractivity contribution in [2.24, 2.45) is 0 Å².